The van der Waals surface area contributed by atoms with Crippen LogP contribution in [0, 0.1) is 0 Å². The predicted molar refractivity (Wildman–Crippen MR) is 151 cm³/mol. The summed E-state index contributed by atoms with van der Waals surface area (Å²) in [6.07, 6.45) is 0.834. The van der Waals surface area contributed by atoms with E-state index in [2.05, 4.69) is 10.6 Å². The second-order valence-corrected chi connectivity index (χ2v) is 15.7. The van der Waals surface area contributed by atoms with Crippen LogP contribution in [0.5, 0.6) is 0 Å². The summed E-state index contributed by atoms with van der Waals surface area (Å²) in [5, 5.41) is 5.21. The van der Waals surface area contributed by atoms with Crippen LogP contribution in [0.4, 0.5) is 11.4 Å². The zero-order valence-electron chi connectivity index (χ0n) is 21.1. The highest BCUT2D eigenvalue weighted by molar-refractivity contribution is 8.05. The van der Waals surface area contributed by atoms with Crippen molar-refractivity contribution in [1.82, 2.24) is 0 Å². The van der Waals surface area contributed by atoms with Gasteiger partial charge in [-0.05, 0) is 35.9 Å². The molecule has 3 aromatic rings. The number of rotatable bonds is 9. The molecule has 0 saturated heterocycles. The minimum Gasteiger partial charge on any atom is -0.358 e. The number of hydrogen-bond donors (Lipinski definition) is 6. The molecule has 0 fully saturated rings. The molecule has 1 aliphatic rings. The van der Waals surface area contributed by atoms with Gasteiger partial charge in [0.1, 0.15) is 15.5 Å². The molecule has 6 N–H and O–H groups in total. The lowest BCUT2D eigenvalue weighted by Gasteiger charge is -2.46. The molecule has 226 valence electrons. The van der Waals surface area contributed by atoms with E-state index in [1.807, 2.05) is 0 Å². The van der Waals surface area contributed by atoms with Crippen LogP contribution in [0.3, 0.4) is 0 Å². The van der Waals surface area contributed by atoms with Gasteiger partial charge in [0.15, 0.2) is 0 Å². The third-order valence-corrected chi connectivity index (χ3v) is 12.3. The van der Waals surface area contributed by atoms with E-state index in [-0.39, 0.29) is 5.56 Å². The fraction of sp³-hybridized carbons (Fsp3) is 0.167. The van der Waals surface area contributed by atoms with Gasteiger partial charge in [0.05, 0.1) is 11.4 Å². The number of nitrogens with one attached hydrogen (secondary N) is 2. The number of allylic oxidation sites excluding steroid dienone is 1. The van der Waals surface area contributed by atoms with E-state index >= 15 is 0 Å². The van der Waals surface area contributed by atoms with Crippen molar-refractivity contribution in [2.75, 3.05) is 10.6 Å². The molecule has 4 rings (SSSR count). The predicted octanol–water partition coefficient (Wildman–Crippen LogP) is 2.62. The van der Waals surface area contributed by atoms with Crippen molar-refractivity contribution in [2.45, 2.75) is 31.9 Å². The summed E-state index contributed by atoms with van der Waals surface area (Å²) in [4.78, 5) is -1.48. The van der Waals surface area contributed by atoms with E-state index in [0.717, 1.165) is 36.4 Å². The minimum absolute atomic E-state index is 0.0364. The summed E-state index contributed by atoms with van der Waals surface area (Å²) < 4.78 is 138. The van der Waals surface area contributed by atoms with Gasteiger partial charge in [-0.1, -0.05) is 60.7 Å². The van der Waals surface area contributed by atoms with Gasteiger partial charge in [0.2, 0.25) is 4.08 Å². The molecule has 0 heterocycles. The van der Waals surface area contributed by atoms with E-state index in [9.17, 15) is 51.9 Å². The van der Waals surface area contributed by atoms with Crippen molar-refractivity contribution in [2.24, 2.45) is 0 Å². The van der Waals surface area contributed by atoms with E-state index < -0.39 is 83.7 Å². The first-order chi connectivity index (χ1) is 19.3. The molecule has 0 saturated carbocycles. The van der Waals surface area contributed by atoms with E-state index in [1.54, 1.807) is 6.07 Å². The molecule has 1 atom stereocenters. The molecule has 18 heteroatoms. The quantitative estimate of drug-likeness (QED) is 0.110. The summed E-state index contributed by atoms with van der Waals surface area (Å²) in [5.74, 6) is -1.74. The second kappa shape index (κ2) is 10.7. The highest BCUT2D eigenvalue weighted by atomic mass is 32.3. The molecule has 3 aromatic carbocycles. The lowest BCUT2D eigenvalue weighted by atomic mass is 9.82. The molecule has 42 heavy (non-hydrogen) atoms. The Labute approximate surface area is 242 Å². The normalized spacial score (nSPS) is 18.7. The maximum atomic E-state index is 13.0. The van der Waals surface area contributed by atoms with Gasteiger partial charge >= 0.3 is 0 Å². The highest BCUT2D eigenvalue weighted by Gasteiger charge is 2.65. The topological polar surface area (TPSA) is 242 Å². The van der Waals surface area contributed by atoms with Gasteiger partial charge in [-0.3, -0.25) is 18.2 Å². The van der Waals surface area contributed by atoms with E-state index in [0.29, 0.717) is 0 Å². The smallest absolute Gasteiger partial charge is 0.296 e. The second-order valence-electron chi connectivity index (χ2n) is 9.35. The molecule has 0 amide bonds. The van der Waals surface area contributed by atoms with Crippen molar-refractivity contribution in [1.29, 1.82) is 0 Å². The molecular formula is C24H24N2O12S4. The standard InChI is InChI=1S/C24H24N2O12S4/c27-39(28,29)21-12-6-4-10-19(21)25-23(26-20-11-5-7-13-22(20)40(30,31)32)15-14-18(17-8-2-1-3-9-17)24(16-23,41(33,34)35)42(36,37)38/h1-15,18,25-26H,16H2,(H,27,28,29)(H,30,31,32)(H,33,34,35)(H,36,37,38). The highest BCUT2D eigenvalue weighted by Crippen LogP contribution is 2.50. The van der Waals surface area contributed by atoms with Crippen LogP contribution >= 0.6 is 0 Å². The Morgan fingerprint density at radius 2 is 1.00 bits per heavy atom. The summed E-state index contributed by atoms with van der Waals surface area (Å²) in [5.41, 5.74) is -3.15. The fourth-order valence-corrected chi connectivity index (χ4v) is 9.15. The van der Waals surface area contributed by atoms with Crippen LogP contribution in [0.15, 0.2) is 101 Å². The van der Waals surface area contributed by atoms with Gasteiger partial charge in [-0.25, -0.2) is 0 Å². The number of anilines is 2. The van der Waals surface area contributed by atoms with Gasteiger partial charge in [0, 0.05) is 12.3 Å². The summed E-state index contributed by atoms with van der Waals surface area (Å²) >= 11 is 0. The lowest BCUT2D eigenvalue weighted by Crippen LogP contribution is -2.61. The maximum Gasteiger partial charge on any atom is 0.296 e. The fourth-order valence-electron chi connectivity index (χ4n) is 4.90. The average Bonchev–Trinajstić information content (AvgIpc) is 2.87. The number of benzene rings is 3. The molecule has 0 aliphatic heterocycles. The van der Waals surface area contributed by atoms with E-state index in [4.69, 9.17) is 0 Å². The molecule has 1 unspecified atom stereocenters. The molecule has 0 spiro atoms. The first-order valence-electron chi connectivity index (χ1n) is 11.7. The van der Waals surface area contributed by atoms with Crippen molar-refractivity contribution in [3.05, 3.63) is 96.6 Å². The molecule has 0 radical (unpaired) electrons. The Morgan fingerprint density at radius 1 is 0.595 bits per heavy atom. The first-order valence-corrected chi connectivity index (χ1v) is 17.4. The Bertz CT molecular complexity index is 1870. The number of hydrogen-bond acceptors (Lipinski definition) is 10. The molecule has 1 aliphatic carbocycles. The SMILES string of the molecule is O=S(=O)(O)c1ccccc1NC1(Nc2ccccc2S(=O)(=O)O)C=CC(c2ccccc2)C(S(=O)(=O)O)(S(=O)(=O)O)C1. The third-order valence-electron chi connectivity index (χ3n) is 6.65. The zero-order chi connectivity index (χ0) is 31.2. The van der Waals surface area contributed by atoms with Crippen LogP contribution in [-0.2, 0) is 40.5 Å². The first kappa shape index (κ1) is 31.6. The Hall–Kier alpha value is -3.36. The van der Waals surface area contributed by atoms with Crippen molar-refractivity contribution in [3.8, 4) is 0 Å². The van der Waals surface area contributed by atoms with Gasteiger partial charge < -0.3 is 10.6 Å². The third kappa shape index (κ3) is 5.92. The Kier molecular flexibility index (Phi) is 8.06. The van der Waals surface area contributed by atoms with E-state index in [1.165, 1.54) is 48.5 Å². The maximum absolute atomic E-state index is 13.0. The van der Waals surface area contributed by atoms with Gasteiger partial charge in [0.25, 0.3) is 40.5 Å². The Balaban J connectivity index is 2.08. The van der Waals surface area contributed by atoms with Crippen molar-refractivity contribution >= 4 is 51.8 Å². The largest absolute Gasteiger partial charge is 0.358 e. The monoisotopic (exact) mass is 660 g/mol. The van der Waals surface area contributed by atoms with Crippen LogP contribution < -0.4 is 10.6 Å². The van der Waals surface area contributed by atoms with Gasteiger partial charge in [-0.15, -0.1) is 0 Å². The minimum atomic E-state index is -5.78. The average molecular weight is 661 g/mol. The Morgan fingerprint density at radius 3 is 1.40 bits per heavy atom. The van der Waals surface area contributed by atoms with Crippen LogP contribution in [-0.4, -0.2) is 61.6 Å². The summed E-state index contributed by atoms with van der Waals surface area (Å²) in [6.45, 7) is 0. The van der Waals surface area contributed by atoms with Crippen molar-refractivity contribution in [3.63, 3.8) is 0 Å². The molecule has 14 nitrogen and oxygen atoms in total. The lowest BCUT2D eigenvalue weighted by molar-refractivity contribution is 0.369. The van der Waals surface area contributed by atoms with Crippen molar-refractivity contribution < 1.29 is 51.9 Å². The summed E-state index contributed by atoms with van der Waals surface area (Å²) in [7, 11) is -21.4. The van der Waals surface area contributed by atoms with Gasteiger partial charge in [-0.2, -0.15) is 33.7 Å². The molecule has 0 bridgehead atoms. The molecule has 0 aromatic heterocycles. The zero-order valence-corrected chi connectivity index (χ0v) is 24.4. The van der Waals surface area contributed by atoms with Crippen LogP contribution in [0.2, 0.25) is 0 Å². The summed E-state index contributed by atoms with van der Waals surface area (Å²) in [6, 6.07) is 16.4. The van der Waals surface area contributed by atoms with Crippen LogP contribution in [0.25, 0.3) is 0 Å². The number of para-hydroxylation sites is 2. The van der Waals surface area contributed by atoms with Crippen LogP contribution in [0.1, 0.15) is 17.9 Å². The molecular weight excluding hydrogens is 637 g/mol.